The predicted molar refractivity (Wildman–Crippen MR) is 59.9 cm³/mol. The Morgan fingerprint density at radius 2 is 2.33 bits per heavy atom. The monoisotopic (exact) mass is 283 g/mol. The fraction of sp³-hybridized carbons (Fsp3) is 1.00. The molecule has 0 aromatic rings. The lowest BCUT2D eigenvalue weighted by atomic mass is 10.1. The fourth-order valence-corrected chi connectivity index (χ4v) is 1.93. The number of ether oxygens (including phenoxy) is 1. The van der Waals surface area contributed by atoms with E-state index in [1.165, 1.54) is 17.3 Å². The molecule has 0 aromatic heterocycles. The smallest absolute Gasteiger partial charge is 0.0707 e. The van der Waals surface area contributed by atoms with Crippen LogP contribution in [0, 0.1) is 0 Å². The van der Waals surface area contributed by atoms with Gasteiger partial charge in [0.2, 0.25) is 0 Å². The molecule has 1 saturated heterocycles. The molecule has 1 atom stereocenters. The first-order chi connectivity index (χ1) is 5.64. The fourth-order valence-electron chi connectivity index (χ4n) is 1.55. The number of hydrogen-bond acceptors (Lipinski definition) is 2. The standard InChI is InChI=1S/C9H18INO/c1-9(2)4-3-8(12-9)7-11-6-5-10/h8,11H,3-7H2,1-2H3. The van der Waals surface area contributed by atoms with Crippen LogP contribution in [0.2, 0.25) is 0 Å². The van der Waals surface area contributed by atoms with Gasteiger partial charge >= 0.3 is 0 Å². The van der Waals surface area contributed by atoms with Gasteiger partial charge in [0.1, 0.15) is 0 Å². The summed E-state index contributed by atoms with van der Waals surface area (Å²) in [5.74, 6) is 0. The molecule has 0 radical (unpaired) electrons. The normalized spacial score (nSPS) is 27.8. The minimum atomic E-state index is 0.122. The lowest BCUT2D eigenvalue weighted by Crippen LogP contribution is -2.30. The third kappa shape index (κ3) is 3.58. The van der Waals surface area contributed by atoms with Gasteiger partial charge in [-0.1, -0.05) is 22.6 Å². The molecule has 0 aromatic carbocycles. The molecule has 1 heterocycles. The van der Waals surface area contributed by atoms with Crippen molar-refractivity contribution in [3.05, 3.63) is 0 Å². The maximum absolute atomic E-state index is 5.83. The summed E-state index contributed by atoms with van der Waals surface area (Å²) in [6.07, 6.45) is 2.85. The van der Waals surface area contributed by atoms with E-state index in [1.54, 1.807) is 0 Å². The van der Waals surface area contributed by atoms with E-state index in [0.29, 0.717) is 6.10 Å². The highest BCUT2D eigenvalue weighted by Crippen LogP contribution is 2.28. The summed E-state index contributed by atoms with van der Waals surface area (Å²) < 4.78 is 7.00. The summed E-state index contributed by atoms with van der Waals surface area (Å²) >= 11 is 2.38. The zero-order chi connectivity index (χ0) is 9.03. The van der Waals surface area contributed by atoms with Gasteiger partial charge in [0.25, 0.3) is 0 Å². The minimum Gasteiger partial charge on any atom is -0.371 e. The second-order valence-electron chi connectivity index (χ2n) is 3.93. The van der Waals surface area contributed by atoms with E-state index in [4.69, 9.17) is 4.74 Å². The molecule has 12 heavy (non-hydrogen) atoms. The van der Waals surface area contributed by atoms with E-state index in [1.807, 2.05) is 0 Å². The van der Waals surface area contributed by atoms with Crippen molar-refractivity contribution in [2.45, 2.75) is 38.4 Å². The van der Waals surface area contributed by atoms with E-state index in [0.717, 1.165) is 13.1 Å². The first kappa shape index (κ1) is 10.7. The van der Waals surface area contributed by atoms with Crippen LogP contribution in [0.4, 0.5) is 0 Å². The molecule has 1 aliphatic rings. The van der Waals surface area contributed by atoms with Crippen LogP contribution >= 0.6 is 22.6 Å². The van der Waals surface area contributed by atoms with Gasteiger partial charge in [0, 0.05) is 17.5 Å². The van der Waals surface area contributed by atoms with Crippen molar-refractivity contribution >= 4 is 22.6 Å². The molecule has 1 N–H and O–H groups in total. The van der Waals surface area contributed by atoms with E-state index < -0.39 is 0 Å². The highest BCUT2D eigenvalue weighted by atomic mass is 127. The summed E-state index contributed by atoms with van der Waals surface area (Å²) in [5.41, 5.74) is 0.122. The SMILES string of the molecule is CC1(C)CCC(CNCCI)O1. The van der Waals surface area contributed by atoms with Crippen molar-refractivity contribution in [2.75, 3.05) is 17.5 Å². The van der Waals surface area contributed by atoms with Gasteiger partial charge < -0.3 is 10.1 Å². The van der Waals surface area contributed by atoms with Gasteiger partial charge in [-0.15, -0.1) is 0 Å². The molecule has 1 rings (SSSR count). The Balaban J connectivity index is 2.11. The van der Waals surface area contributed by atoms with Crippen molar-refractivity contribution in [3.63, 3.8) is 0 Å². The highest BCUT2D eigenvalue weighted by Gasteiger charge is 2.30. The molecule has 0 bridgehead atoms. The van der Waals surface area contributed by atoms with Crippen LogP contribution in [0.15, 0.2) is 0 Å². The maximum atomic E-state index is 5.83. The summed E-state index contributed by atoms with van der Waals surface area (Å²) in [4.78, 5) is 0. The lowest BCUT2D eigenvalue weighted by Gasteiger charge is -2.19. The Hall–Kier alpha value is 0.650. The minimum absolute atomic E-state index is 0.122. The van der Waals surface area contributed by atoms with Gasteiger partial charge in [0.15, 0.2) is 0 Å². The lowest BCUT2D eigenvalue weighted by molar-refractivity contribution is -0.0139. The third-order valence-corrected chi connectivity index (χ3v) is 2.74. The zero-order valence-electron chi connectivity index (χ0n) is 7.90. The van der Waals surface area contributed by atoms with Gasteiger partial charge in [-0.2, -0.15) is 0 Å². The summed E-state index contributed by atoms with van der Waals surface area (Å²) in [6.45, 7) is 6.46. The zero-order valence-corrected chi connectivity index (χ0v) is 10.1. The average Bonchev–Trinajstić information content (AvgIpc) is 2.31. The van der Waals surface area contributed by atoms with Crippen LogP contribution in [0.3, 0.4) is 0 Å². The van der Waals surface area contributed by atoms with Crippen molar-refractivity contribution in [3.8, 4) is 0 Å². The Morgan fingerprint density at radius 3 is 2.83 bits per heavy atom. The van der Waals surface area contributed by atoms with Crippen LogP contribution in [0.5, 0.6) is 0 Å². The van der Waals surface area contributed by atoms with Crippen LogP contribution in [0.25, 0.3) is 0 Å². The second-order valence-corrected chi connectivity index (χ2v) is 5.01. The van der Waals surface area contributed by atoms with Crippen LogP contribution in [-0.2, 0) is 4.74 Å². The van der Waals surface area contributed by atoms with Crippen molar-refractivity contribution in [1.29, 1.82) is 0 Å². The van der Waals surface area contributed by atoms with E-state index in [-0.39, 0.29) is 5.60 Å². The molecule has 0 aliphatic carbocycles. The Kier molecular flexibility index (Phi) is 4.26. The average molecular weight is 283 g/mol. The predicted octanol–water partition coefficient (Wildman–Crippen LogP) is 1.97. The van der Waals surface area contributed by atoms with E-state index in [2.05, 4.69) is 41.8 Å². The molecule has 0 saturated carbocycles. The van der Waals surface area contributed by atoms with Crippen molar-refractivity contribution < 1.29 is 4.74 Å². The molecule has 0 amide bonds. The van der Waals surface area contributed by atoms with Gasteiger partial charge in [-0.25, -0.2) is 0 Å². The second kappa shape index (κ2) is 4.77. The first-order valence-corrected chi connectivity index (χ1v) is 6.11. The number of hydrogen-bond donors (Lipinski definition) is 1. The number of alkyl halides is 1. The molecule has 1 unspecified atom stereocenters. The van der Waals surface area contributed by atoms with Crippen LogP contribution in [-0.4, -0.2) is 29.2 Å². The Bertz CT molecular complexity index is 138. The number of nitrogens with one attached hydrogen (secondary N) is 1. The largest absolute Gasteiger partial charge is 0.371 e. The van der Waals surface area contributed by atoms with Crippen LogP contribution in [0.1, 0.15) is 26.7 Å². The number of rotatable bonds is 4. The topological polar surface area (TPSA) is 21.3 Å². The first-order valence-electron chi connectivity index (χ1n) is 4.58. The summed E-state index contributed by atoms with van der Waals surface area (Å²) in [6, 6.07) is 0. The van der Waals surface area contributed by atoms with Gasteiger partial charge in [0.05, 0.1) is 11.7 Å². The summed E-state index contributed by atoms with van der Waals surface area (Å²) in [7, 11) is 0. The Morgan fingerprint density at radius 1 is 1.58 bits per heavy atom. The van der Waals surface area contributed by atoms with Crippen molar-refractivity contribution in [2.24, 2.45) is 0 Å². The van der Waals surface area contributed by atoms with Crippen LogP contribution < -0.4 is 5.32 Å². The maximum Gasteiger partial charge on any atom is 0.0707 e. The molecule has 1 aliphatic heterocycles. The molecule has 72 valence electrons. The Labute approximate surface area is 88.6 Å². The van der Waals surface area contributed by atoms with Gasteiger partial charge in [-0.3, -0.25) is 0 Å². The third-order valence-electron chi connectivity index (χ3n) is 2.20. The van der Waals surface area contributed by atoms with Gasteiger partial charge in [-0.05, 0) is 26.7 Å². The quantitative estimate of drug-likeness (QED) is 0.484. The van der Waals surface area contributed by atoms with Crippen molar-refractivity contribution in [1.82, 2.24) is 5.32 Å². The molecule has 3 heteroatoms. The molecule has 0 spiro atoms. The summed E-state index contributed by atoms with van der Waals surface area (Å²) in [5, 5.41) is 3.38. The van der Waals surface area contributed by atoms with E-state index >= 15 is 0 Å². The molecule has 1 fully saturated rings. The highest BCUT2D eigenvalue weighted by molar-refractivity contribution is 14.1. The van der Waals surface area contributed by atoms with E-state index in [9.17, 15) is 0 Å². The molecular weight excluding hydrogens is 265 g/mol. The number of halogens is 1. The molecular formula is C9H18INO. The molecule has 2 nitrogen and oxygen atoms in total.